The number of benzene rings is 1. The van der Waals surface area contributed by atoms with Gasteiger partial charge in [0.25, 0.3) is 0 Å². The summed E-state index contributed by atoms with van der Waals surface area (Å²) < 4.78 is 0. The fraction of sp³-hybridized carbons (Fsp3) is 0.312. The molecule has 0 aliphatic carbocycles. The van der Waals surface area contributed by atoms with E-state index in [1.807, 2.05) is 25.3 Å². The van der Waals surface area contributed by atoms with Crippen LogP contribution in [0.4, 0.5) is 0 Å². The Hall–Kier alpha value is -1.71. The molecule has 1 unspecified atom stereocenters. The summed E-state index contributed by atoms with van der Waals surface area (Å²) in [4.78, 5) is 4.32. The van der Waals surface area contributed by atoms with E-state index < -0.39 is 0 Å². The highest BCUT2D eigenvalue weighted by Gasteiger charge is 2.09. The van der Waals surface area contributed by atoms with Crippen LogP contribution in [0, 0.1) is 6.92 Å². The van der Waals surface area contributed by atoms with Gasteiger partial charge >= 0.3 is 0 Å². The van der Waals surface area contributed by atoms with Crippen LogP contribution in [0.25, 0.3) is 0 Å². The number of hydrogen-bond donors (Lipinski definition) is 2. The number of nitrogens with zero attached hydrogens (tertiary/aromatic N) is 1. The van der Waals surface area contributed by atoms with E-state index in [-0.39, 0.29) is 6.04 Å². The number of nitrogens with two attached hydrogens (primary N) is 1. The number of aryl methyl sites for hydroxylation is 2. The predicted molar refractivity (Wildman–Crippen MR) is 78.4 cm³/mol. The molecule has 2 rings (SSSR count). The Morgan fingerprint density at radius 1 is 1.16 bits per heavy atom. The quantitative estimate of drug-likeness (QED) is 0.616. The van der Waals surface area contributed by atoms with E-state index in [4.69, 9.17) is 5.84 Å². The third-order valence-electron chi connectivity index (χ3n) is 3.34. The number of aromatic nitrogens is 1. The zero-order chi connectivity index (χ0) is 13.5. The molecule has 3 N–H and O–H groups in total. The van der Waals surface area contributed by atoms with Crippen LogP contribution in [-0.2, 0) is 6.42 Å². The van der Waals surface area contributed by atoms with Crippen molar-refractivity contribution in [3.05, 3.63) is 65.5 Å². The molecule has 2 aromatic rings. The summed E-state index contributed by atoms with van der Waals surface area (Å²) in [5.41, 5.74) is 6.44. The average molecular weight is 255 g/mol. The van der Waals surface area contributed by atoms with Crippen molar-refractivity contribution in [1.82, 2.24) is 10.4 Å². The van der Waals surface area contributed by atoms with E-state index >= 15 is 0 Å². The van der Waals surface area contributed by atoms with Crippen LogP contribution < -0.4 is 11.3 Å². The molecule has 1 aromatic carbocycles. The monoisotopic (exact) mass is 255 g/mol. The lowest BCUT2D eigenvalue weighted by Gasteiger charge is -2.16. The lowest BCUT2D eigenvalue weighted by molar-refractivity contribution is 0.497. The largest absolute Gasteiger partial charge is 0.271 e. The predicted octanol–water partition coefficient (Wildman–Crippen LogP) is 2.92. The first-order valence-electron chi connectivity index (χ1n) is 6.72. The third kappa shape index (κ3) is 4.16. The van der Waals surface area contributed by atoms with Crippen LogP contribution in [-0.4, -0.2) is 4.98 Å². The first-order chi connectivity index (χ1) is 9.29. The number of rotatable bonds is 6. The average Bonchev–Trinajstić information content (AvgIpc) is 2.46. The molecular weight excluding hydrogens is 234 g/mol. The highest BCUT2D eigenvalue weighted by molar-refractivity contribution is 5.18. The first kappa shape index (κ1) is 13.7. The molecule has 0 saturated heterocycles. The van der Waals surface area contributed by atoms with Gasteiger partial charge in [0.1, 0.15) is 0 Å². The van der Waals surface area contributed by atoms with E-state index in [1.54, 1.807) is 0 Å². The van der Waals surface area contributed by atoms with Gasteiger partial charge in [-0.3, -0.25) is 16.3 Å². The molecule has 1 aromatic heterocycles. The van der Waals surface area contributed by atoms with Crippen molar-refractivity contribution in [2.45, 2.75) is 32.2 Å². The van der Waals surface area contributed by atoms with Gasteiger partial charge in [0.05, 0.1) is 0 Å². The van der Waals surface area contributed by atoms with E-state index in [0.29, 0.717) is 0 Å². The van der Waals surface area contributed by atoms with E-state index in [1.165, 1.54) is 5.56 Å². The van der Waals surface area contributed by atoms with Gasteiger partial charge in [0.15, 0.2) is 0 Å². The molecule has 1 atom stereocenters. The maximum Gasteiger partial charge on any atom is 0.0475 e. The fourth-order valence-corrected chi connectivity index (χ4v) is 2.19. The zero-order valence-corrected chi connectivity index (χ0v) is 11.3. The first-order valence-corrected chi connectivity index (χ1v) is 6.72. The zero-order valence-electron chi connectivity index (χ0n) is 11.3. The van der Waals surface area contributed by atoms with Crippen LogP contribution >= 0.6 is 0 Å². The highest BCUT2D eigenvalue weighted by Crippen LogP contribution is 2.18. The molecule has 3 nitrogen and oxygen atoms in total. The molecule has 100 valence electrons. The van der Waals surface area contributed by atoms with Crippen molar-refractivity contribution in [2.24, 2.45) is 5.84 Å². The molecule has 3 heteroatoms. The Morgan fingerprint density at radius 3 is 2.58 bits per heavy atom. The Bertz CT molecular complexity index is 479. The van der Waals surface area contributed by atoms with Gasteiger partial charge in [0, 0.05) is 17.9 Å². The minimum atomic E-state index is 0.178. The molecule has 0 aliphatic heterocycles. The van der Waals surface area contributed by atoms with Gasteiger partial charge in [-0.25, -0.2) is 0 Å². The summed E-state index contributed by atoms with van der Waals surface area (Å²) >= 11 is 0. The van der Waals surface area contributed by atoms with Crippen LogP contribution in [0.3, 0.4) is 0 Å². The molecule has 0 saturated carbocycles. The Labute approximate surface area is 114 Å². The summed E-state index contributed by atoms with van der Waals surface area (Å²) in [6.07, 6.45) is 5.10. The summed E-state index contributed by atoms with van der Waals surface area (Å²) in [5.74, 6) is 5.64. The number of nitrogens with one attached hydrogen (secondary N) is 1. The van der Waals surface area contributed by atoms with Crippen molar-refractivity contribution in [3.63, 3.8) is 0 Å². The normalized spacial score (nSPS) is 12.3. The Kier molecular flexibility index (Phi) is 5.07. The Morgan fingerprint density at radius 2 is 1.95 bits per heavy atom. The van der Waals surface area contributed by atoms with E-state index in [9.17, 15) is 0 Å². The number of hydrazine groups is 1. The van der Waals surface area contributed by atoms with Crippen LogP contribution in [0.15, 0.2) is 48.7 Å². The molecule has 1 heterocycles. The lowest BCUT2D eigenvalue weighted by Crippen LogP contribution is -2.28. The van der Waals surface area contributed by atoms with Gasteiger partial charge in [-0.2, -0.15) is 0 Å². The third-order valence-corrected chi connectivity index (χ3v) is 3.34. The van der Waals surface area contributed by atoms with Crippen LogP contribution in [0.2, 0.25) is 0 Å². The fourth-order valence-electron chi connectivity index (χ4n) is 2.19. The molecule has 0 amide bonds. The minimum absolute atomic E-state index is 0.178. The summed E-state index contributed by atoms with van der Waals surface area (Å²) in [6.45, 7) is 1.99. The SMILES string of the molecule is Cc1ccc(C(CCCc2ccccc2)NN)cn1. The summed E-state index contributed by atoms with van der Waals surface area (Å²) in [6, 6.07) is 14.8. The van der Waals surface area contributed by atoms with Gasteiger partial charge in [-0.1, -0.05) is 36.4 Å². The van der Waals surface area contributed by atoms with Gasteiger partial charge < -0.3 is 0 Å². The van der Waals surface area contributed by atoms with Gasteiger partial charge in [-0.05, 0) is 43.4 Å². The van der Waals surface area contributed by atoms with E-state index in [2.05, 4.69) is 40.7 Å². The second-order valence-corrected chi connectivity index (χ2v) is 4.83. The lowest BCUT2D eigenvalue weighted by atomic mass is 10.0. The second kappa shape index (κ2) is 7.02. The topological polar surface area (TPSA) is 50.9 Å². The second-order valence-electron chi connectivity index (χ2n) is 4.83. The molecule has 0 spiro atoms. The maximum absolute atomic E-state index is 5.64. The van der Waals surface area contributed by atoms with Crippen molar-refractivity contribution in [1.29, 1.82) is 0 Å². The molecular formula is C16H21N3. The van der Waals surface area contributed by atoms with Gasteiger partial charge in [-0.15, -0.1) is 0 Å². The maximum atomic E-state index is 5.64. The number of hydrogen-bond acceptors (Lipinski definition) is 3. The van der Waals surface area contributed by atoms with E-state index in [0.717, 1.165) is 30.5 Å². The smallest absolute Gasteiger partial charge is 0.0475 e. The minimum Gasteiger partial charge on any atom is -0.271 e. The molecule has 0 aliphatic rings. The number of pyridine rings is 1. The molecule has 0 radical (unpaired) electrons. The van der Waals surface area contributed by atoms with Crippen molar-refractivity contribution in [3.8, 4) is 0 Å². The van der Waals surface area contributed by atoms with Crippen molar-refractivity contribution >= 4 is 0 Å². The van der Waals surface area contributed by atoms with Crippen molar-refractivity contribution in [2.75, 3.05) is 0 Å². The van der Waals surface area contributed by atoms with Gasteiger partial charge in [0.2, 0.25) is 0 Å². The molecule has 19 heavy (non-hydrogen) atoms. The summed E-state index contributed by atoms with van der Waals surface area (Å²) in [5, 5.41) is 0. The molecule has 0 bridgehead atoms. The summed E-state index contributed by atoms with van der Waals surface area (Å²) in [7, 11) is 0. The van der Waals surface area contributed by atoms with Crippen molar-refractivity contribution < 1.29 is 0 Å². The highest BCUT2D eigenvalue weighted by atomic mass is 15.2. The molecule has 0 fully saturated rings. The van der Waals surface area contributed by atoms with Crippen LogP contribution in [0.5, 0.6) is 0 Å². The van der Waals surface area contributed by atoms with Crippen LogP contribution in [0.1, 0.15) is 35.7 Å². The Balaban J connectivity index is 1.87. The standard InChI is InChI=1S/C16H21N3/c1-13-10-11-15(12-18-13)16(19-17)9-5-8-14-6-3-2-4-7-14/h2-4,6-7,10-12,16,19H,5,8-9,17H2,1H3.